The van der Waals surface area contributed by atoms with Crippen molar-refractivity contribution >= 4 is 38.3 Å². The summed E-state index contributed by atoms with van der Waals surface area (Å²) in [6.07, 6.45) is 3.71. The van der Waals surface area contributed by atoms with E-state index in [1.807, 2.05) is 0 Å². The first-order valence-electron chi connectivity index (χ1n) is 10.1. The van der Waals surface area contributed by atoms with Crippen LogP contribution in [0.5, 0.6) is 5.75 Å². The average Bonchev–Trinajstić information content (AvgIpc) is 3.34. The zero-order chi connectivity index (χ0) is 20.7. The number of ether oxygens (including phenoxy) is 2. The first kappa shape index (κ1) is 19.3. The smallest absolute Gasteiger partial charge is 0.146 e. The summed E-state index contributed by atoms with van der Waals surface area (Å²) in [5.41, 5.74) is 9.45. The maximum absolute atomic E-state index is 6.31. The highest BCUT2D eigenvalue weighted by atomic mass is 32.1. The molecule has 1 aromatic carbocycles. The molecule has 156 valence electrons. The number of methoxy groups -OCH3 is 1. The molecular formula is C22H25N5O2S. The van der Waals surface area contributed by atoms with Crippen LogP contribution in [-0.4, -0.2) is 59.4 Å². The molecule has 1 aliphatic heterocycles. The third-order valence-electron chi connectivity index (χ3n) is 5.66. The van der Waals surface area contributed by atoms with Gasteiger partial charge in [0.1, 0.15) is 23.5 Å². The number of thiophene rings is 1. The van der Waals surface area contributed by atoms with Crippen LogP contribution in [0.2, 0.25) is 0 Å². The van der Waals surface area contributed by atoms with E-state index in [0.29, 0.717) is 5.82 Å². The fourth-order valence-electron chi connectivity index (χ4n) is 4.13. The molecule has 0 spiro atoms. The minimum absolute atomic E-state index is 0.515. The number of rotatable bonds is 5. The molecule has 4 heterocycles. The number of hydrogen-bond donors (Lipinski definition) is 1. The molecule has 1 aliphatic rings. The van der Waals surface area contributed by atoms with Crippen molar-refractivity contribution in [2.45, 2.75) is 13.5 Å². The molecule has 4 aromatic rings. The molecule has 2 N–H and O–H groups in total. The van der Waals surface area contributed by atoms with Gasteiger partial charge >= 0.3 is 0 Å². The molecule has 8 heteroatoms. The Labute approximate surface area is 179 Å². The predicted molar refractivity (Wildman–Crippen MR) is 121 cm³/mol. The standard InChI is InChI=1S/C22H25N5O2S/c1-14-9-15-11-18(30-20(15)17(10-14)28-2)16-12-27(4-3-26-5-7-29-8-6-26)22-19(16)21(23)24-13-25-22/h9-13H,3-8H2,1-2H3,(H2,23,24,25). The van der Waals surface area contributed by atoms with Gasteiger partial charge in [-0.15, -0.1) is 11.3 Å². The summed E-state index contributed by atoms with van der Waals surface area (Å²) in [6, 6.07) is 6.48. The van der Waals surface area contributed by atoms with Gasteiger partial charge in [-0.05, 0) is 30.0 Å². The quantitative estimate of drug-likeness (QED) is 0.529. The summed E-state index contributed by atoms with van der Waals surface area (Å²) in [5, 5.41) is 2.10. The van der Waals surface area contributed by atoms with E-state index in [1.165, 1.54) is 10.9 Å². The van der Waals surface area contributed by atoms with E-state index < -0.39 is 0 Å². The summed E-state index contributed by atoms with van der Waals surface area (Å²) >= 11 is 1.72. The largest absolute Gasteiger partial charge is 0.495 e. The summed E-state index contributed by atoms with van der Waals surface area (Å²) in [4.78, 5) is 12.4. The fraction of sp³-hybridized carbons (Fsp3) is 0.364. The summed E-state index contributed by atoms with van der Waals surface area (Å²) in [5.74, 6) is 1.42. The topological polar surface area (TPSA) is 78.4 Å². The molecule has 3 aromatic heterocycles. The SMILES string of the molecule is COc1cc(C)cc2cc(-c3cn(CCN4CCOCC4)c4ncnc(N)c34)sc12. The van der Waals surface area contributed by atoms with Gasteiger partial charge in [0.25, 0.3) is 0 Å². The molecule has 0 amide bonds. The Kier molecular flexibility index (Phi) is 5.06. The van der Waals surface area contributed by atoms with Gasteiger partial charge in [0.05, 0.1) is 30.4 Å². The van der Waals surface area contributed by atoms with Gasteiger partial charge in [0, 0.05) is 42.8 Å². The van der Waals surface area contributed by atoms with Crippen LogP contribution in [0, 0.1) is 6.92 Å². The number of fused-ring (bicyclic) bond motifs is 2. The maximum Gasteiger partial charge on any atom is 0.146 e. The number of benzene rings is 1. The number of nitrogens with two attached hydrogens (primary N) is 1. The molecule has 0 saturated carbocycles. The predicted octanol–water partition coefficient (Wildman–Crippen LogP) is 3.54. The lowest BCUT2D eigenvalue weighted by atomic mass is 10.1. The summed E-state index contributed by atoms with van der Waals surface area (Å²) in [6.45, 7) is 7.43. The molecule has 0 aliphatic carbocycles. The zero-order valence-electron chi connectivity index (χ0n) is 17.2. The van der Waals surface area contributed by atoms with Crippen LogP contribution in [-0.2, 0) is 11.3 Å². The van der Waals surface area contributed by atoms with Crippen molar-refractivity contribution < 1.29 is 9.47 Å². The molecule has 7 nitrogen and oxygen atoms in total. The van der Waals surface area contributed by atoms with E-state index in [9.17, 15) is 0 Å². The number of hydrogen-bond acceptors (Lipinski definition) is 7. The molecule has 0 bridgehead atoms. The van der Waals surface area contributed by atoms with Crippen molar-refractivity contribution in [1.82, 2.24) is 19.4 Å². The lowest BCUT2D eigenvalue weighted by molar-refractivity contribution is 0.0365. The maximum atomic E-state index is 6.31. The van der Waals surface area contributed by atoms with Gasteiger partial charge in [0.15, 0.2) is 0 Å². The average molecular weight is 424 g/mol. The van der Waals surface area contributed by atoms with E-state index in [1.54, 1.807) is 24.8 Å². The normalized spacial score (nSPS) is 15.3. The van der Waals surface area contributed by atoms with E-state index >= 15 is 0 Å². The van der Waals surface area contributed by atoms with Gasteiger partial charge < -0.3 is 19.8 Å². The Bertz CT molecular complexity index is 1210. The first-order chi connectivity index (χ1) is 14.6. The molecule has 5 rings (SSSR count). The van der Waals surface area contributed by atoms with Crippen molar-refractivity contribution in [3.8, 4) is 16.2 Å². The lowest BCUT2D eigenvalue weighted by Gasteiger charge is -2.26. The number of nitrogen functional groups attached to an aromatic ring is 1. The molecule has 0 atom stereocenters. The van der Waals surface area contributed by atoms with Crippen LogP contribution in [0.15, 0.2) is 30.7 Å². The molecule has 30 heavy (non-hydrogen) atoms. The molecule has 0 unspecified atom stereocenters. The second-order valence-corrected chi connectivity index (χ2v) is 8.70. The monoisotopic (exact) mass is 423 g/mol. The fourth-order valence-corrected chi connectivity index (χ4v) is 5.28. The Morgan fingerprint density at radius 2 is 2.00 bits per heavy atom. The molecular weight excluding hydrogens is 398 g/mol. The van der Waals surface area contributed by atoms with Crippen molar-refractivity contribution in [1.29, 1.82) is 0 Å². The third kappa shape index (κ3) is 3.40. The van der Waals surface area contributed by atoms with Gasteiger partial charge in [-0.25, -0.2) is 9.97 Å². The summed E-state index contributed by atoms with van der Waals surface area (Å²) in [7, 11) is 1.72. The van der Waals surface area contributed by atoms with Crippen LogP contribution < -0.4 is 10.5 Å². The zero-order valence-corrected chi connectivity index (χ0v) is 18.0. The summed E-state index contributed by atoms with van der Waals surface area (Å²) < 4.78 is 14.4. The van der Waals surface area contributed by atoms with Crippen molar-refractivity contribution in [3.05, 3.63) is 36.3 Å². The first-order valence-corrected chi connectivity index (χ1v) is 10.9. The van der Waals surface area contributed by atoms with Gasteiger partial charge in [-0.1, -0.05) is 6.07 Å². The highest BCUT2D eigenvalue weighted by Crippen LogP contribution is 2.42. The minimum atomic E-state index is 0.515. The van der Waals surface area contributed by atoms with Crippen molar-refractivity contribution in [2.24, 2.45) is 0 Å². The van der Waals surface area contributed by atoms with E-state index in [0.717, 1.165) is 71.3 Å². The molecule has 1 saturated heterocycles. The Hall–Kier alpha value is -2.68. The lowest BCUT2D eigenvalue weighted by Crippen LogP contribution is -2.38. The van der Waals surface area contributed by atoms with Crippen LogP contribution in [0.25, 0.3) is 31.6 Å². The number of morpholine rings is 1. The second kappa shape index (κ2) is 7.86. The van der Waals surface area contributed by atoms with Crippen LogP contribution >= 0.6 is 11.3 Å². The highest BCUT2D eigenvalue weighted by Gasteiger charge is 2.19. The number of aryl methyl sites for hydroxylation is 1. The van der Waals surface area contributed by atoms with Gasteiger partial charge in [-0.3, -0.25) is 4.90 Å². The Morgan fingerprint density at radius 1 is 1.17 bits per heavy atom. The second-order valence-electron chi connectivity index (χ2n) is 7.64. The Balaban J connectivity index is 1.58. The van der Waals surface area contributed by atoms with Crippen molar-refractivity contribution in [2.75, 3.05) is 45.7 Å². The Morgan fingerprint density at radius 3 is 2.80 bits per heavy atom. The van der Waals surface area contributed by atoms with E-state index in [4.69, 9.17) is 15.2 Å². The number of aromatic nitrogens is 3. The van der Waals surface area contributed by atoms with Crippen LogP contribution in [0.1, 0.15) is 5.56 Å². The number of nitrogens with zero attached hydrogens (tertiary/aromatic N) is 4. The van der Waals surface area contributed by atoms with Gasteiger partial charge in [-0.2, -0.15) is 0 Å². The van der Waals surface area contributed by atoms with Gasteiger partial charge in [0.2, 0.25) is 0 Å². The molecule has 1 fully saturated rings. The van der Waals surface area contributed by atoms with Crippen molar-refractivity contribution in [3.63, 3.8) is 0 Å². The van der Waals surface area contributed by atoms with Crippen LogP contribution in [0.3, 0.4) is 0 Å². The van der Waals surface area contributed by atoms with E-state index in [-0.39, 0.29) is 0 Å². The highest BCUT2D eigenvalue weighted by molar-refractivity contribution is 7.22. The number of anilines is 1. The third-order valence-corrected chi connectivity index (χ3v) is 6.85. The van der Waals surface area contributed by atoms with Crippen LogP contribution in [0.4, 0.5) is 5.82 Å². The molecule has 0 radical (unpaired) electrons. The minimum Gasteiger partial charge on any atom is -0.495 e. The van der Waals surface area contributed by atoms with E-state index in [2.05, 4.69) is 50.8 Å².